The standard InChI is InChI=1S/C13H17FO3/c1-10(9-13(15)16-2)7-8-17-12-5-3-11(14)4-6-12/h3-6,10H,7-9H2,1-2H3. The van der Waals surface area contributed by atoms with Crippen LogP contribution in [0.1, 0.15) is 19.8 Å². The van der Waals surface area contributed by atoms with Crippen molar-refractivity contribution in [1.82, 2.24) is 0 Å². The zero-order chi connectivity index (χ0) is 12.7. The zero-order valence-electron chi connectivity index (χ0n) is 10.1. The summed E-state index contributed by atoms with van der Waals surface area (Å²) in [4.78, 5) is 11.0. The number of benzene rings is 1. The lowest BCUT2D eigenvalue weighted by molar-refractivity contribution is -0.141. The molecule has 0 spiro atoms. The molecule has 1 rings (SSSR count). The molecule has 0 amide bonds. The lowest BCUT2D eigenvalue weighted by atomic mass is 10.1. The molecule has 1 aromatic rings. The van der Waals surface area contributed by atoms with Gasteiger partial charge in [-0.2, -0.15) is 0 Å². The van der Waals surface area contributed by atoms with E-state index in [0.29, 0.717) is 18.8 Å². The van der Waals surface area contributed by atoms with Crippen molar-refractivity contribution in [2.24, 2.45) is 5.92 Å². The van der Waals surface area contributed by atoms with Gasteiger partial charge in [0.1, 0.15) is 11.6 Å². The van der Waals surface area contributed by atoms with Gasteiger partial charge < -0.3 is 9.47 Å². The smallest absolute Gasteiger partial charge is 0.305 e. The minimum absolute atomic E-state index is 0.209. The molecule has 0 aromatic heterocycles. The number of ether oxygens (including phenoxy) is 2. The Hall–Kier alpha value is -1.58. The maximum atomic E-state index is 12.6. The molecule has 0 aliphatic heterocycles. The average molecular weight is 240 g/mol. The molecule has 0 fully saturated rings. The fourth-order valence-electron chi connectivity index (χ4n) is 1.38. The molecule has 0 saturated heterocycles. The highest BCUT2D eigenvalue weighted by Crippen LogP contribution is 2.13. The van der Waals surface area contributed by atoms with Crippen molar-refractivity contribution in [2.75, 3.05) is 13.7 Å². The van der Waals surface area contributed by atoms with E-state index in [-0.39, 0.29) is 17.7 Å². The number of carbonyl (C=O) groups excluding carboxylic acids is 1. The molecule has 0 bridgehead atoms. The van der Waals surface area contributed by atoms with E-state index in [9.17, 15) is 9.18 Å². The van der Waals surface area contributed by atoms with Crippen LogP contribution in [-0.4, -0.2) is 19.7 Å². The monoisotopic (exact) mass is 240 g/mol. The van der Waals surface area contributed by atoms with Crippen LogP contribution in [0.15, 0.2) is 24.3 Å². The van der Waals surface area contributed by atoms with Crippen LogP contribution in [0.4, 0.5) is 4.39 Å². The third-order valence-corrected chi connectivity index (χ3v) is 2.44. The molecule has 0 aliphatic rings. The molecule has 0 N–H and O–H groups in total. The van der Waals surface area contributed by atoms with E-state index in [1.54, 1.807) is 12.1 Å². The first-order chi connectivity index (χ1) is 8.11. The topological polar surface area (TPSA) is 35.5 Å². The second-order valence-corrected chi connectivity index (χ2v) is 3.98. The van der Waals surface area contributed by atoms with Crippen LogP contribution in [0, 0.1) is 11.7 Å². The van der Waals surface area contributed by atoms with Crippen molar-refractivity contribution in [1.29, 1.82) is 0 Å². The molecule has 1 atom stereocenters. The molecule has 0 aliphatic carbocycles. The largest absolute Gasteiger partial charge is 0.494 e. The number of hydrogen-bond donors (Lipinski definition) is 0. The molecular weight excluding hydrogens is 223 g/mol. The van der Waals surface area contributed by atoms with E-state index >= 15 is 0 Å². The second-order valence-electron chi connectivity index (χ2n) is 3.98. The Morgan fingerprint density at radius 2 is 2.00 bits per heavy atom. The highest BCUT2D eigenvalue weighted by Gasteiger charge is 2.09. The Labute approximate surface area is 101 Å². The van der Waals surface area contributed by atoms with Crippen LogP contribution < -0.4 is 4.74 Å². The van der Waals surface area contributed by atoms with Crippen LogP contribution >= 0.6 is 0 Å². The van der Waals surface area contributed by atoms with Crippen LogP contribution in [0.3, 0.4) is 0 Å². The third kappa shape index (κ3) is 5.33. The van der Waals surface area contributed by atoms with Crippen LogP contribution in [-0.2, 0) is 9.53 Å². The van der Waals surface area contributed by atoms with Gasteiger partial charge in [-0.1, -0.05) is 6.92 Å². The minimum Gasteiger partial charge on any atom is -0.494 e. The van der Waals surface area contributed by atoms with E-state index in [1.807, 2.05) is 6.92 Å². The Morgan fingerprint density at radius 3 is 2.59 bits per heavy atom. The Bertz CT molecular complexity index is 348. The molecule has 1 unspecified atom stereocenters. The maximum absolute atomic E-state index is 12.6. The van der Waals surface area contributed by atoms with E-state index in [4.69, 9.17) is 4.74 Å². The molecule has 17 heavy (non-hydrogen) atoms. The molecular formula is C13H17FO3. The molecule has 3 nitrogen and oxygen atoms in total. The summed E-state index contributed by atoms with van der Waals surface area (Å²) in [6.45, 7) is 2.47. The van der Waals surface area contributed by atoms with Crippen molar-refractivity contribution in [3.63, 3.8) is 0 Å². The van der Waals surface area contributed by atoms with E-state index in [2.05, 4.69) is 4.74 Å². The van der Waals surface area contributed by atoms with Gasteiger partial charge in [0.05, 0.1) is 13.7 Å². The lowest BCUT2D eigenvalue weighted by Crippen LogP contribution is -2.10. The lowest BCUT2D eigenvalue weighted by Gasteiger charge is -2.11. The molecule has 0 saturated carbocycles. The first-order valence-electron chi connectivity index (χ1n) is 5.57. The summed E-state index contributed by atoms with van der Waals surface area (Å²) in [5.41, 5.74) is 0. The Kier molecular flexibility index (Phi) is 5.46. The highest BCUT2D eigenvalue weighted by molar-refractivity contribution is 5.69. The SMILES string of the molecule is COC(=O)CC(C)CCOc1ccc(F)cc1. The first kappa shape index (κ1) is 13.5. The second kappa shape index (κ2) is 6.89. The number of hydrogen-bond acceptors (Lipinski definition) is 3. The van der Waals surface area contributed by atoms with Gasteiger partial charge in [-0.3, -0.25) is 4.79 Å². The summed E-state index contributed by atoms with van der Waals surface area (Å²) >= 11 is 0. The predicted molar refractivity (Wildman–Crippen MR) is 62.3 cm³/mol. The van der Waals surface area contributed by atoms with E-state index < -0.39 is 0 Å². The third-order valence-electron chi connectivity index (χ3n) is 2.44. The average Bonchev–Trinajstić information content (AvgIpc) is 2.31. The van der Waals surface area contributed by atoms with Gasteiger partial charge in [-0.05, 0) is 36.6 Å². The van der Waals surface area contributed by atoms with Crippen LogP contribution in [0.5, 0.6) is 5.75 Å². The summed E-state index contributed by atoms with van der Waals surface area (Å²) in [6.07, 6.45) is 1.15. The van der Waals surface area contributed by atoms with Gasteiger partial charge >= 0.3 is 5.97 Å². The predicted octanol–water partition coefficient (Wildman–Crippen LogP) is 2.79. The van der Waals surface area contributed by atoms with Crippen molar-refractivity contribution < 1.29 is 18.7 Å². The summed E-state index contributed by atoms with van der Waals surface area (Å²) in [5.74, 6) is 0.357. The normalized spacial score (nSPS) is 11.9. The summed E-state index contributed by atoms with van der Waals surface area (Å²) in [7, 11) is 1.38. The van der Waals surface area contributed by atoms with Gasteiger partial charge in [0, 0.05) is 6.42 Å². The number of carbonyl (C=O) groups is 1. The number of esters is 1. The van der Waals surface area contributed by atoms with Crippen LogP contribution in [0.25, 0.3) is 0 Å². The van der Waals surface area contributed by atoms with E-state index in [0.717, 1.165) is 6.42 Å². The van der Waals surface area contributed by atoms with Gasteiger partial charge in [0.2, 0.25) is 0 Å². The molecule has 0 heterocycles. The van der Waals surface area contributed by atoms with Crippen molar-refractivity contribution >= 4 is 5.97 Å². The fraction of sp³-hybridized carbons (Fsp3) is 0.462. The molecule has 0 radical (unpaired) electrons. The highest BCUT2D eigenvalue weighted by atomic mass is 19.1. The zero-order valence-corrected chi connectivity index (χ0v) is 10.1. The van der Waals surface area contributed by atoms with Crippen molar-refractivity contribution in [3.05, 3.63) is 30.1 Å². The van der Waals surface area contributed by atoms with Gasteiger partial charge in [-0.15, -0.1) is 0 Å². The summed E-state index contributed by atoms with van der Waals surface area (Å²) in [5, 5.41) is 0. The van der Waals surface area contributed by atoms with E-state index in [1.165, 1.54) is 19.2 Å². The van der Waals surface area contributed by atoms with Gasteiger partial charge in [-0.25, -0.2) is 4.39 Å². The minimum atomic E-state index is -0.281. The van der Waals surface area contributed by atoms with Crippen LogP contribution in [0.2, 0.25) is 0 Å². The van der Waals surface area contributed by atoms with Gasteiger partial charge in [0.25, 0.3) is 0 Å². The molecule has 94 valence electrons. The fourth-order valence-corrected chi connectivity index (χ4v) is 1.38. The molecule has 4 heteroatoms. The Morgan fingerprint density at radius 1 is 1.35 bits per heavy atom. The van der Waals surface area contributed by atoms with Gasteiger partial charge in [0.15, 0.2) is 0 Å². The number of halogens is 1. The Balaban J connectivity index is 2.23. The maximum Gasteiger partial charge on any atom is 0.305 e. The number of methoxy groups -OCH3 is 1. The molecule has 1 aromatic carbocycles. The summed E-state index contributed by atoms with van der Waals surface area (Å²) < 4.78 is 22.6. The number of rotatable bonds is 6. The quantitative estimate of drug-likeness (QED) is 0.717. The summed E-state index contributed by atoms with van der Waals surface area (Å²) in [6, 6.07) is 5.88. The van der Waals surface area contributed by atoms with Crippen molar-refractivity contribution in [2.45, 2.75) is 19.8 Å². The van der Waals surface area contributed by atoms with Crippen molar-refractivity contribution in [3.8, 4) is 5.75 Å². The first-order valence-corrected chi connectivity index (χ1v) is 5.57.